The zero-order chi connectivity index (χ0) is 11.4. The maximum Gasteiger partial charge on any atom is 0.165 e. The highest BCUT2D eigenvalue weighted by Gasteiger charge is 2.15. The summed E-state index contributed by atoms with van der Waals surface area (Å²) in [5.41, 5.74) is 1.88. The van der Waals surface area contributed by atoms with E-state index in [1.807, 2.05) is 13.0 Å². The van der Waals surface area contributed by atoms with Crippen LogP contribution in [0.1, 0.15) is 11.1 Å². The standard InChI is InChI=1S/C11H12BrNO2/c1-7-8(4-5-13)11(15-3)10(14-2)6-9(7)12/h6H,4H2,1-3H3. The van der Waals surface area contributed by atoms with Gasteiger partial charge in [0.05, 0.1) is 26.7 Å². The fourth-order valence-corrected chi connectivity index (χ4v) is 1.87. The predicted octanol–water partition coefficient (Wildman–Crippen LogP) is 2.84. The molecule has 0 saturated carbocycles. The molecule has 0 amide bonds. The molecule has 1 rings (SSSR count). The normalized spacial score (nSPS) is 9.53. The number of rotatable bonds is 3. The van der Waals surface area contributed by atoms with Crippen molar-refractivity contribution in [3.8, 4) is 17.6 Å². The Bertz CT molecular complexity index is 410. The summed E-state index contributed by atoms with van der Waals surface area (Å²) < 4.78 is 11.4. The highest BCUT2D eigenvalue weighted by Crippen LogP contribution is 2.37. The van der Waals surface area contributed by atoms with Crippen molar-refractivity contribution in [1.29, 1.82) is 5.26 Å². The first-order valence-electron chi connectivity index (χ1n) is 4.42. The van der Waals surface area contributed by atoms with Crippen LogP contribution < -0.4 is 9.47 Å². The second-order valence-electron chi connectivity index (χ2n) is 3.03. The molecular formula is C11H12BrNO2. The van der Waals surface area contributed by atoms with Crippen LogP contribution in [0.2, 0.25) is 0 Å². The molecule has 4 heteroatoms. The lowest BCUT2D eigenvalue weighted by molar-refractivity contribution is 0.351. The summed E-state index contributed by atoms with van der Waals surface area (Å²) in [4.78, 5) is 0. The first-order valence-corrected chi connectivity index (χ1v) is 5.21. The third kappa shape index (κ3) is 2.24. The summed E-state index contributed by atoms with van der Waals surface area (Å²) in [6.07, 6.45) is 0.310. The Morgan fingerprint density at radius 3 is 2.53 bits per heavy atom. The van der Waals surface area contributed by atoms with Crippen LogP contribution in [0.5, 0.6) is 11.5 Å². The Morgan fingerprint density at radius 1 is 1.40 bits per heavy atom. The fraction of sp³-hybridized carbons (Fsp3) is 0.364. The van der Waals surface area contributed by atoms with Crippen LogP contribution in [0, 0.1) is 18.3 Å². The largest absolute Gasteiger partial charge is 0.493 e. The molecule has 0 saturated heterocycles. The van der Waals surface area contributed by atoms with E-state index >= 15 is 0 Å². The molecule has 1 aromatic carbocycles. The van der Waals surface area contributed by atoms with Gasteiger partial charge in [-0.25, -0.2) is 0 Å². The number of benzene rings is 1. The van der Waals surface area contributed by atoms with Crippen LogP contribution in [0.15, 0.2) is 10.5 Å². The molecule has 0 aromatic heterocycles. The zero-order valence-corrected chi connectivity index (χ0v) is 10.5. The highest BCUT2D eigenvalue weighted by molar-refractivity contribution is 9.10. The lowest BCUT2D eigenvalue weighted by Gasteiger charge is -2.14. The lowest BCUT2D eigenvalue weighted by Crippen LogP contribution is -1.99. The summed E-state index contributed by atoms with van der Waals surface area (Å²) in [7, 11) is 3.15. The molecule has 0 atom stereocenters. The van der Waals surface area contributed by atoms with Crippen LogP contribution in [0.4, 0.5) is 0 Å². The minimum atomic E-state index is 0.310. The molecule has 0 fully saturated rings. The van der Waals surface area contributed by atoms with Crippen molar-refractivity contribution < 1.29 is 9.47 Å². The Hall–Kier alpha value is -1.21. The van der Waals surface area contributed by atoms with Crippen molar-refractivity contribution in [3.63, 3.8) is 0 Å². The first-order chi connectivity index (χ1) is 7.15. The van der Waals surface area contributed by atoms with Gasteiger partial charge in [-0.3, -0.25) is 0 Å². The number of nitrogens with zero attached hydrogens (tertiary/aromatic N) is 1. The SMILES string of the molecule is COc1cc(Br)c(C)c(CC#N)c1OC. The molecule has 0 aliphatic rings. The summed E-state index contributed by atoms with van der Waals surface area (Å²) in [6.45, 7) is 1.94. The van der Waals surface area contributed by atoms with Crippen molar-refractivity contribution in [2.45, 2.75) is 13.3 Å². The topological polar surface area (TPSA) is 42.2 Å². The van der Waals surface area contributed by atoms with Gasteiger partial charge in [-0.05, 0) is 18.6 Å². The van der Waals surface area contributed by atoms with Gasteiger partial charge in [0.1, 0.15) is 0 Å². The second kappa shape index (κ2) is 5.04. The van der Waals surface area contributed by atoms with Crippen molar-refractivity contribution in [1.82, 2.24) is 0 Å². The minimum Gasteiger partial charge on any atom is -0.493 e. The van der Waals surface area contributed by atoms with Gasteiger partial charge in [0.25, 0.3) is 0 Å². The van der Waals surface area contributed by atoms with Gasteiger partial charge in [0, 0.05) is 10.0 Å². The maximum atomic E-state index is 8.76. The van der Waals surface area contributed by atoms with Gasteiger partial charge in [-0.1, -0.05) is 15.9 Å². The van der Waals surface area contributed by atoms with Gasteiger partial charge in [0.2, 0.25) is 0 Å². The van der Waals surface area contributed by atoms with E-state index in [1.54, 1.807) is 14.2 Å². The van der Waals surface area contributed by atoms with Gasteiger partial charge in [-0.2, -0.15) is 5.26 Å². The Balaban J connectivity index is 3.43. The van der Waals surface area contributed by atoms with Gasteiger partial charge in [0.15, 0.2) is 11.5 Å². The van der Waals surface area contributed by atoms with E-state index < -0.39 is 0 Å². The second-order valence-corrected chi connectivity index (χ2v) is 3.89. The van der Waals surface area contributed by atoms with Gasteiger partial charge < -0.3 is 9.47 Å². The lowest BCUT2D eigenvalue weighted by atomic mass is 10.0. The molecule has 0 N–H and O–H groups in total. The molecule has 80 valence electrons. The minimum absolute atomic E-state index is 0.310. The van der Waals surface area contributed by atoms with Crippen LogP contribution in [0.25, 0.3) is 0 Å². The van der Waals surface area contributed by atoms with E-state index in [9.17, 15) is 0 Å². The molecule has 15 heavy (non-hydrogen) atoms. The summed E-state index contributed by atoms with van der Waals surface area (Å²) in [5.74, 6) is 1.28. The first kappa shape index (κ1) is 11.9. The molecule has 0 spiro atoms. The molecule has 0 radical (unpaired) electrons. The molecule has 1 aromatic rings. The fourth-order valence-electron chi connectivity index (χ4n) is 1.42. The van der Waals surface area contributed by atoms with Crippen LogP contribution in [-0.2, 0) is 6.42 Å². The number of hydrogen-bond acceptors (Lipinski definition) is 3. The number of nitriles is 1. The molecule has 0 aliphatic heterocycles. The average molecular weight is 270 g/mol. The summed E-state index contributed by atoms with van der Waals surface area (Å²) in [5, 5.41) is 8.76. The third-order valence-corrected chi connectivity index (χ3v) is 3.07. The van der Waals surface area contributed by atoms with E-state index in [4.69, 9.17) is 14.7 Å². The van der Waals surface area contributed by atoms with Crippen LogP contribution >= 0.6 is 15.9 Å². The molecule has 0 aliphatic carbocycles. The predicted molar refractivity (Wildman–Crippen MR) is 61.3 cm³/mol. The van der Waals surface area contributed by atoms with E-state index in [0.717, 1.165) is 15.6 Å². The molecule has 0 bridgehead atoms. The van der Waals surface area contributed by atoms with E-state index in [1.165, 1.54) is 0 Å². The molecular weight excluding hydrogens is 258 g/mol. The van der Waals surface area contributed by atoms with Crippen molar-refractivity contribution in [3.05, 3.63) is 21.7 Å². The number of hydrogen-bond donors (Lipinski definition) is 0. The number of halogens is 1. The Morgan fingerprint density at radius 2 is 2.07 bits per heavy atom. The van der Waals surface area contributed by atoms with Gasteiger partial charge in [-0.15, -0.1) is 0 Å². The smallest absolute Gasteiger partial charge is 0.165 e. The number of ether oxygens (including phenoxy) is 2. The van der Waals surface area contributed by atoms with Crippen molar-refractivity contribution in [2.75, 3.05) is 14.2 Å². The van der Waals surface area contributed by atoms with E-state index in [2.05, 4.69) is 22.0 Å². The van der Waals surface area contributed by atoms with Crippen LogP contribution in [0.3, 0.4) is 0 Å². The zero-order valence-electron chi connectivity index (χ0n) is 8.93. The van der Waals surface area contributed by atoms with Crippen molar-refractivity contribution in [2.24, 2.45) is 0 Å². The Kier molecular flexibility index (Phi) is 3.98. The molecule has 3 nitrogen and oxygen atoms in total. The quantitative estimate of drug-likeness (QED) is 0.848. The third-order valence-electron chi connectivity index (χ3n) is 2.25. The average Bonchev–Trinajstić information content (AvgIpc) is 2.24. The van der Waals surface area contributed by atoms with E-state index in [-0.39, 0.29) is 0 Å². The van der Waals surface area contributed by atoms with E-state index in [0.29, 0.717) is 17.9 Å². The highest BCUT2D eigenvalue weighted by atomic mass is 79.9. The number of methoxy groups -OCH3 is 2. The van der Waals surface area contributed by atoms with Gasteiger partial charge >= 0.3 is 0 Å². The summed E-state index contributed by atoms with van der Waals surface area (Å²) >= 11 is 3.43. The summed E-state index contributed by atoms with van der Waals surface area (Å²) in [6, 6.07) is 3.96. The monoisotopic (exact) mass is 269 g/mol. The van der Waals surface area contributed by atoms with Crippen LogP contribution in [-0.4, -0.2) is 14.2 Å². The van der Waals surface area contributed by atoms with Crippen molar-refractivity contribution >= 4 is 15.9 Å². The Labute approximate surface area is 97.7 Å². The molecule has 0 heterocycles. The molecule has 0 unspecified atom stereocenters. The maximum absolute atomic E-state index is 8.76.